The van der Waals surface area contributed by atoms with Crippen LogP contribution in [0.4, 0.5) is 0 Å². The molecule has 0 radical (unpaired) electrons. The van der Waals surface area contributed by atoms with Gasteiger partial charge < -0.3 is 19.9 Å². The van der Waals surface area contributed by atoms with Crippen LogP contribution in [0.5, 0.6) is 11.5 Å². The van der Waals surface area contributed by atoms with Crippen molar-refractivity contribution < 1.29 is 24.2 Å². The Kier molecular flexibility index (Phi) is 5.25. The number of rotatable bonds is 5. The Morgan fingerprint density at radius 3 is 2.59 bits per heavy atom. The molecule has 1 amide bonds. The maximum absolute atomic E-state index is 12.0. The van der Waals surface area contributed by atoms with Crippen LogP contribution in [0.3, 0.4) is 0 Å². The van der Waals surface area contributed by atoms with Crippen molar-refractivity contribution in [3.8, 4) is 11.5 Å². The molecule has 1 aromatic rings. The molecule has 6 heteroatoms. The molecule has 0 saturated heterocycles. The minimum Gasteiger partial charge on any atom is -0.507 e. The fourth-order valence-electron chi connectivity index (χ4n) is 2.48. The van der Waals surface area contributed by atoms with Gasteiger partial charge in [-0.05, 0) is 31.9 Å². The van der Waals surface area contributed by atoms with Crippen molar-refractivity contribution in [1.82, 2.24) is 5.32 Å². The third kappa shape index (κ3) is 3.90. The number of hydrogen-bond acceptors (Lipinski definition) is 5. The van der Waals surface area contributed by atoms with Gasteiger partial charge in [-0.15, -0.1) is 0 Å². The predicted molar refractivity (Wildman–Crippen MR) is 79.9 cm³/mol. The van der Waals surface area contributed by atoms with Gasteiger partial charge in [0.2, 0.25) is 0 Å². The Hall–Kier alpha value is -2.24. The molecular weight excluding hydrogens is 286 g/mol. The monoisotopic (exact) mass is 307 g/mol. The molecule has 0 aliphatic heterocycles. The quantitative estimate of drug-likeness (QED) is 0.813. The Morgan fingerprint density at radius 2 is 2.00 bits per heavy atom. The van der Waals surface area contributed by atoms with E-state index in [-0.39, 0.29) is 23.3 Å². The van der Waals surface area contributed by atoms with Crippen molar-refractivity contribution in [2.24, 2.45) is 0 Å². The van der Waals surface area contributed by atoms with Gasteiger partial charge in [0.15, 0.2) is 6.10 Å². The normalized spacial score (nSPS) is 16.1. The predicted octanol–water partition coefficient (Wildman–Crippen LogP) is 2.00. The van der Waals surface area contributed by atoms with E-state index in [1.807, 2.05) is 0 Å². The van der Waals surface area contributed by atoms with Crippen LogP contribution in [-0.2, 0) is 9.53 Å². The zero-order chi connectivity index (χ0) is 16.1. The highest BCUT2D eigenvalue weighted by Gasteiger charge is 2.24. The van der Waals surface area contributed by atoms with Gasteiger partial charge in [0.05, 0.1) is 7.11 Å². The highest BCUT2D eigenvalue weighted by molar-refractivity contribution is 5.94. The highest BCUT2D eigenvalue weighted by Crippen LogP contribution is 2.24. The summed E-state index contributed by atoms with van der Waals surface area (Å²) >= 11 is 0. The van der Waals surface area contributed by atoms with E-state index in [9.17, 15) is 14.7 Å². The van der Waals surface area contributed by atoms with Gasteiger partial charge in [-0.2, -0.15) is 0 Å². The maximum atomic E-state index is 12.0. The first-order valence-electron chi connectivity index (χ1n) is 7.39. The third-order valence-corrected chi connectivity index (χ3v) is 3.78. The Balaban J connectivity index is 1.94. The van der Waals surface area contributed by atoms with Crippen LogP contribution < -0.4 is 10.1 Å². The first kappa shape index (κ1) is 16.1. The molecule has 2 rings (SSSR count). The smallest absolute Gasteiger partial charge is 0.342 e. The number of nitrogens with one attached hydrogen (secondary N) is 1. The summed E-state index contributed by atoms with van der Waals surface area (Å²) in [5.41, 5.74) is 0.00122. The lowest BCUT2D eigenvalue weighted by atomic mass is 10.2. The average Bonchev–Trinajstić information content (AvgIpc) is 2.99. The van der Waals surface area contributed by atoms with Crippen molar-refractivity contribution in [1.29, 1.82) is 0 Å². The van der Waals surface area contributed by atoms with E-state index in [0.29, 0.717) is 5.75 Å². The van der Waals surface area contributed by atoms with Crippen LogP contribution in [-0.4, -0.2) is 36.2 Å². The molecule has 1 atom stereocenters. The van der Waals surface area contributed by atoms with Crippen LogP contribution in [0.2, 0.25) is 0 Å². The molecule has 1 fully saturated rings. The third-order valence-electron chi connectivity index (χ3n) is 3.78. The number of ether oxygens (including phenoxy) is 2. The van der Waals surface area contributed by atoms with Gasteiger partial charge in [-0.25, -0.2) is 4.79 Å². The van der Waals surface area contributed by atoms with Gasteiger partial charge in [0.1, 0.15) is 17.1 Å². The summed E-state index contributed by atoms with van der Waals surface area (Å²) in [6.07, 6.45) is 3.24. The molecule has 6 nitrogen and oxygen atoms in total. The van der Waals surface area contributed by atoms with Crippen LogP contribution in [0, 0.1) is 0 Å². The summed E-state index contributed by atoms with van der Waals surface area (Å²) in [5.74, 6) is -0.865. The molecule has 1 aliphatic rings. The number of benzene rings is 1. The molecule has 1 aliphatic carbocycles. The first-order chi connectivity index (χ1) is 10.5. The molecular formula is C16H21NO5. The number of aromatic hydroxyl groups is 1. The summed E-state index contributed by atoms with van der Waals surface area (Å²) in [6.45, 7) is 1.52. The second-order valence-electron chi connectivity index (χ2n) is 5.42. The van der Waals surface area contributed by atoms with Gasteiger partial charge in [-0.3, -0.25) is 4.79 Å². The zero-order valence-electron chi connectivity index (χ0n) is 12.8. The van der Waals surface area contributed by atoms with Gasteiger partial charge in [0.25, 0.3) is 5.91 Å². The highest BCUT2D eigenvalue weighted by atomic mass is 16.5. The molecule has 0 spiro atoms. The number of amides is 1. The molecule has 0 heterocycles. The van der Waals surface area contributed by atoms with E-state index in [1.54, 1.807) is 6.07 Å². The summed E-state index contributed by atoms with van der Waals surface area (Å²) in [6, 6.07) is 4.43. The van der Waals surface area contributed by atoms with Gasteiger partial charge in [0, 0.05) is 12.1 Å². The van der Waals surface area contributed by atoms with Crippen molar-refractivity contribution in [2.45, 2.75) is 44.8 Å². The van der Waals surface area contributed by atoms with Gasteiger partial charge >= 0.3 is 5.97 Å². The lowest BCUT2D eigenvalue weighted by molar-refractivity contribution is -0.129. The van der Waals surface area contributed by atoms with Crippen molar-refractivity contribution in [2.75, 3.05) is 7.11 Å². The molecule has 2 N–H and O–H groups in total. The topological polar surface area (TPSA) is 84.9 Å². The molecule has 1 aromatic carbocycles. The van der Waals surface area contributed by atoms with Crippen molar-refractivity contribution in [3.05, 3.63) is 23.8 Å². The Labute approximate surface area is 129 Å². The van der Waals surface area contributed by atoms with Crippen LogP contribution in [0.15, 0.2) is 18.2 Å². The fraction of sp³-hybridized carbons (Fsp3) is 0.500. The number of esters is 1. The van der Waals surface area contributed by atoms with E-state index >= 15 is 0 Å². The van der Waals surface area contributed by atoms with Gasteiger partial charge in [-0.1, -0.05) is 12.8 Å². The summed E-state index contributed by atoms with van der Waals surface area (Å²) in [5, 5.41) is 12.7. The number of hydrogen-bond donors (Lipinski definition) is 2. The first-order valence-corrected chi connectivity index (χ1v) is 7.39. The number of phenolic OH excluding ortho intramolecular Hbond substituents is 1. The second kappa shape index (κ2) is 7.15. The minimum absolute atomic E-state index is 0.00122. The fourth-order valence-corrected chi connectivity index (χ4v) is 2.48. The maximum Gasteiger partial charge on any atom is 0.342 e. The van der Waals surface area contributed by atoms with E-state index in [4.69, 9.17) is 9.47 Å². The largest absolute Gasteiger partial charge is 0.507 e. The van der Waals surface area contributed by atoms with E-state index in [0.717, 1.165) is 25.7 Å². The van der Waals surface area contributed by atoms with E-state index in [1.165, 1.54) is 26.2 Å². The number of phenols is 1. The van der Waals surface area contributed by atoms with Crippen molar-refractivity contribution >= 4 is 11.9 Å². The summed E-state index contributed by atoms with van der Waals surface area (Å²) < 4.78 is 10.1. The second-order valence-corrected chi connectivity index (χ2v) is 5.42. The zero-order valence-corrected chi connectivity index (χ0v) is 12.8. The SMILES string of the molecule is COc1ccc(C(=O)O[C@H](C)C(=O)NC2CCCC2)c(O)c1. The lowest BCUT2D eigenvalue weighted by Crippen LogP contribution is -2.40. The molecule has 1 saturated carbocycles. The number of carbonyl (C=O) groups is 2. The van der Waals surface area contributed by atoms with E-state index < -0.39 is 12.1 Å². The summed E-state index contributed by atoms with van der Waals surface area (Å²) in [7, 11) is 1.46. The molecule has 22 heavy (non-hydrogen) atoms. The molecule has 0 bridgehead atoms. The Morgan fingerprint density at radius 1 is 1.32 bits per heavy atom. The summed E-state index contributed by atoms with van der Waals surface area (Å²) in [4.78, 5) is 24.0. The molecule has 0 unspecified atom stereocenters. The van der Waals surface area contributed by atoms with Crippen LogP contribution >= 0.6 is 0 Å². The van der Waals surface area contributed by atoms with Crippen LogP contribution in [0.1, 0.15) is 43.0 Å². The average molecular weight is 307 g/mol. The lowest BCUT2D eigenvalue weighted by Gasteiger charge is -2.17. The molecule has 0 aromatic heterocycles. The number of carbonyl (C=O) groups excluding carboxylic acids is 2. The Bertz CT molecular complexity index is 551. The van der Waals surface area contributed by atoms with Crippen molar-refractivity contribution in [3.63, 3.8) is 0 Å². The van der Waals surface area contributed by atoms with Crippen LogP contribution in [0.25, 0.3) is 0 Å². The standard InChI is InChI=1S/C16H21NO5/c1-10(15(19)17-11-5-3-4-6-11)22-16(20)13-8-7-12(21-2)9-14(13)18/h7-11,18H,3-6H2,1-2H3,(H,17,19)/t10-/m1/s1. The van der Waals surface area contributed by atoms with E-state index in [2.05, 4.69) is 5.32 Å². The number of methoxy groups -OCH3 is 1. The minimum atomic E-state index is -0.908. The molecule has 120 valence electrons.